The van der Waals surface area contributed by atoms with Crippen LogP contribution in [0.2, 0.25) is 0 Å². The van der Waals surface area contributed by atoms with Crippen LogP contribution in [0.3, 0.4) is 0 Å². The Balaban J connectivity index is 2.31. The van der Waals surface area contributed by atoms with E-state index in [1.807, 2.05) is 13.8 Å². The van der Waals surface area contributed by atoms with Crippen LogP contribution >= 0.6 is 11.3 Å². The lowest BCUT2D eigenvalue weighted by atomic mass is 10.1. The molecular formula is C19H21NO6S. The van der Waals surface area contributed by atoms with Gasteiger partial charge in [0.15, 0.2) is 0 Å². The molecule has 1 heterocycles. The highest BCUT2D eigenvalue weighted by Crippen LogP contribution is 2.34. The van der Waals surface area contributed by atoms with Crippen LogP contribution < -0.4 is 10.1 Å². The molecule has 0 fully saturated rings. The number of hydrogen-bond acceptors (Lipinski definition) is 7. The normalized spacial score (nSPS) is 10.4. The number of carbonyl (C=O) groups excluding carboxylic acids is 3. The number of amides is 1. The van der Waals surface area contributed by atoms with Crippen molar-refractivity contribution in [1.82, 2.24) is 0 Å². The maximum Gasteiger partial charge on any atom is 0.348 e. The minimum Gasteiger partial charge on any atom is -0.491 e. The van der Waals surface area contributed by atoms with Gasteiger partial charge >= 0.3 is 11.9 Å². The Hall–Kier alpha value is -2.87. The van der Waals surface area contributed by atoms with E-state index in [1.54, 1.807) is 31.2 Å². The lowest BCUT2D eigenvalue weighted by Crippen LogP contribution is -2.14. The van der Waals surface area contributed by atoms with Crippen molar-refractivity contribution in [2.75, 3.05) is 19.5 Å². The van der Waals surface area contributed by atoms with Crippen molar-refractivity contribution in [2.24, 2.45) is 0 Å². The first-order valence-corrected chi connectivity index (χ1v) is 8.98. The van der Waals surface area contributed by atoms with Gasteiger partial charge in [-0.1, -0.05) is 0 Å². The molecule has 2 aromatic rings. The van der Waals surface area contributed by atoms with Crippen LogP contribution in [0.4, 0.5) is 5.00 Å². The largest absolute Gasteiger partial charge is 0.491 e. The average Bonchev–Trinajstić information content (AvgIpc) is 2.96. The molecular weight excluding hydrogens is 370 g/mol. The summed E-state index contributed by atoms with van der Waals surface area (Å²) < 4.78 is 15.0. The summed E-state index contributed by atoms with van der Waals surface area (Å²) in [5, 5.41) is 2.90. The number of rotatable bonds is 6. The molecule has 8 heteroatoms. The number of esters is 2. The van der Waals surface area contributed by atoms with Gasteiger partial charge in [0.25, 0.3) is 5.91 Å². The van der Waals surface area contributed by atoms with Gasteiger partial charge in [-0.15, -0.1) is 11.3 Å². The van der Waals surface area contributed by atoms with Gasteiger partial charge in [0.2, 0.25) is 0 Å². The van der Waals surface area contributed by atoms with E-state index in [1.165, 1.54) is 14.2 Å². The fourth-order valence-electron chi connectivity index (χ4n) is 2.37. The smallest absolute Gasteiger partial charge is 0.348 e. The van der Waals surface area contributed by atoms with Crippen molar-refractivity contribution in [3.05, 3.63) is 45.8 Å². The standard InChI is InChI=1S/C19H21NO6S/c1-10(2)26-13-8-6-12(7-9-13)16(21)20-17-14(18(22)24-4)11(3)15(27-17)19(23)25-5/h6-10H,1-5H3,(H,20,21). The van der Waals surface area contributed by atoms with Gasteiger partial charge in [0.1, 0.15) is 15.6 Å². The first-order chi connectivity index (χ1) is 12.8. The Labute approximate surface area is 161 Å². The van der Waals surface area contributed by atoms with Crippen LogP contribution in [0, 0.1) is 6.92 Å². The number of methoxy groups -OCH3 is 2. The Morgan fingerprint density at radius 3 is 2.11 bits per heavy atom. The Morgan fingerprint density at radius 2 is 1.59 bits per heavy atom. The zero-order chi connectivity index (χ0) is 20.1. The molecule has 0 spiro atoms. The van der Waals surface area contributed by atoms with Gasteiger partial charge in [-0.05, 0) is 50.6 Å². The third-order valence-corrected chi connectivity index (χ3v) is 4.81. The maximum absolute atomic E-state index is 12.6. The third-order valence-electron chi connectivity index (χ3n) is 3.62. The second kappa shape index (κ2) is 8.68. The van der Waals surface area contributed by atoms with E-state index >= 15 is 0 Å². The molecule has 27 heavy (non-hydrogen) atoms. The van der Waals surface area contributed by atoms with Gasteiger partial charge in [0, 0.05) is 5.56 Å². The van der Waals surface area contributed by atoms with Gasteiger partial charge in [-0.2, -0.15) is 0 Å². The van der Waals surface area contributed by atoms with Crippen LogP contribution in [-0.4, -0.2) is 38.2 Å². The Bertz CT molecular complexity index is 854. The van der Waals surface area contributed by atoms with E-state index in [0.29, 0.717) is 16.9 Å². The van der Waals surface area contributed by atoms with Crippen molar-refractivity contribution >= 4 is 34.2 Å². The summed E-state index contributed by atoms with van der Waals surface area (Å²) in [6, 6.07) is 6.62. The number of thiophene rings is 1. The Morgan fingerprint density at radius 1 is 1.00 bits per heavy atom. The number of anilines is 1. The maximum atomic E-state index is 12.6. The third kappa shape index (κ3) is 4.65. The molecule has 0 atom stereocenters. The predicted molar refractivity (Wildman–Crippen MR) is 102 cm³/mol. The molecule has 0 aliphatic carbocycles. The topological polar surface area (TPSA) is 90.9 Å². The quantitative estimate of drug-likeness (QED) is 0.756. The lowest BCUT2D eigenvalue weighted by Gasteiger charge is -2.10. The number of ether oxygens (including phenoxy) is 3. The molecule has 1 N–H and O–H groups in total. The molecule has 1 amide bonds. The summed E-state index contributed by atoms with van der Waals surface area (Å²) in [6.45, 7) is 5.42. The molecule has 0 bridgehead atoms. The van der Waals surface area contributed by atoms with Crippen LogP contribution in [0.5, 0.6) is 5.75 Å². The monoisotopic (exact) mass is 391 g/mol. The number of benzene rings is 1. The van der Waals surface area contributed by atoms with Crippen LogP contribution in [0.1, 0.15) is 49.8 Å². The first kappa shape index (κ1) is 20.4. The summed E-state index contributed by atoms with van der Waals surface area (Å²) in [7, 11) is 2.48. The van der Waals surface area contributed by atoms with Crippen molar-refractivity contribution in [3.63, 3.8) is 0 Å². The molecule has 0 unspecified atom stereocenters. The molecule has 0 saturated heterocycles. The van der Waals surface area contributed by atoms with Crippen molar-refractivity contribution in [2.45, 2.75) is 26.9 Å². The zero-order valence-corrected chi connectivity index (χ0v) is 16.6. The molecule has 2 rings (SSSR count). The number of nitrogens with one attached hydrogen (secondary N) is 1. The summed E-state index contributed by atoms with van der Waals surface area (Å²) in [4.78, 5) is 36.8. The van der Waals surface area contributed by atoms with Gasteiger partial charge < -0.3 is 19.5 Å². The SMILES string of the molecule is COC(=O)c1sc(NC(=O)c2ccc(OC(C)C)cc2)c(C(=O)OC)c1C. The predicted octanol–water partition coefficient (Wildman–Crippen LogP) is 3.67. The summed E-state index contributed by atoms with van der Waals surface area (Å²) in [5.41, 5.74) is 0.915. The molecule has 0 aliphatic heterocycles. The molecule has 144 valence electrons. The van der Waals surface area contributed by atoms with E-state index in [2.05, 4.69) is 5.32 Å². The molecule has 1 aromatic carbocycles. The van der Waals surface area contributed by atoms with Gasteiger partial charge in [-0.3, -0.25) is 4.79 Å². The van der Waals surface area contributed by atoms with Crippen molar-refractivity contribution in [3.8, 4) is 5.75 Å². The molecule has 0 radical (unpaired) electrons. The highest BCUT2D eigenvalue weighted by atomic mass is 32.1. The van der Waals surface area contributed by atoms with E-state index < -0.39 is 17.8 Å². The molecule has 0 aliphatic rings. The minimum atomic E-state index is -0.644. The van der Waals surface area contributed by atoms with Crippen molar-refractivity contribution < 1.29 is 28.6 Å². The van der Waals surface area contributed by atoms with E-state index in [9.17, 15) is 14.4 Å². The lowest BCUT2D eigenvalue weighted by molar-refractivity contribution is 0.0601. The minimum absolute atomic E-state index is 0.0260. The van der Waals surface area contributed by atoms with Crippen LogP contribution in [-0.2, 0) is 9.47 Å². The van der Waals surface area contributed by atoms with Gasteiger partial charge in [-0.25, -0.2) is 9.59 Å². The van der Waals surface area contributed by atoms with E-state index in [4.69, 9.17) is 14.2 Å². The molecule has 1 aromatic heterocycles. The second-order valence-electron chi connectivity index (χ2n) is 5.89. The molecule has 7 nitrogen and oxygen atoms in total. The number of carbonyl (C=O) groups is 3. The first-order valence-electron chi connectivity index (χ1n) is 8.16. The highest BCUT2D eigenvalue weighted by molar-refractivity contribution is 7.18. The van der Waals surface area contributed by atoms with Crippen LogP contribution in [0.25, 0.3) is 0 Å². The Kier molecular flexibility index (Phi) is 6.57. The fraction of sp³-hybridized carbons (Fsp3) is 0.316. The summed E-state index contributed by atoms with van der Waals surface area (Å²) in [5.74, 6) is -1.00. The van der Waals surface area contributed by atoms with Crippen molar-refractivity contribution in [1.29, 1.82) is 0 Å². The van der Waals surface area contributed by atoms with Crippen LogP contribution in [0.15, 0.2) is 24.3 Å². The zero-order valence-electron chi connectivity index (χ0n) is 15.7. The van der Waals surface area contributed by atoms with Gasteiger partial charge in [0.05, 0.1) is 25.9 Å². The average molecular weight is 391 g/mol. The summed E-state index contributed by atoms with van der Waals surface area (Å²) >= 11 is 0.965. The fourth-order valence-corrected chi connectivity index (χ4v) is 3.48. The summed E-state index contributed by atoms with van der Waals surface area (Å²) in [6.07, 6.45) is 0.0260. The highest BCUT2D eigenvalue weighted by Gasteiger charge is 2.27. The second-order valence-corrected chi connectivity index (χ2v) is 6.91. The molecule has 0 saturated carbocycles. The number of hydrogen-bond donors (Lipinski definition) is 1. The van der Waals surface area contributed by atoms with E-state index in [0.717, 1.165) is 11.3 Å². The van der Waals surface area contributed by atoms with E-state index in [-0.39, 0.29) is 21.5 Å².